The molecule has 0 aromatic heterocycles. The molecule has 2 aromatic rings. The van der Waals surface area contributed by atoms with Crippen molar-refractivity contribution in [1.29, 1.82) is 0 Å². The number of hydrogen-bond donors (Lipinski definition) is 2. The molecule has 114 valence electrons. The van der Waals surface area contributed by atoms with Crippen LogP contribution in [0.4, 0.5) is 11.4 Å². The highest BCUT2D eigenvalue weighted by Crippen LogP contribution is 2.24. The molecule has 0 aliphatic rings. The van der Waals surface area contributed by atoms with E-state index in [0.717, 1.165) is 16.8 Å². The standard InChI is InChI=1S/C18H20N2O2/c1-4-17(21)19-15-10-7-11-16(13(15)3)20-18(22)14-9-6-5-8-12(14)2/h5-11H,4H2,1-3H3,(H,19,21)(H,20,22). The van der Waals surface area contributed by atoms with Crippen molar-refractivity contribution in [2.75, 3.05) is 10.6 Å². The second-order valence-electron chi connectivity index (χ2n) is 5.15. The normalized spacial score (nSPS) is 10.1. The van der Waals surface area contributed by atoms with Gasteiger partial charge in [0.25, 0.3) is 5.91 Å². The molecule has 0 fully saturated rings. The van der Waals surface area contributed by atoms with Crippen LogP contribution in [0.1, 0.15) is 34.8 Å². The largest absolute Gasteiger partial charge is 0.326 e. The van der Waals surface area contributed by atoms with Crippen molar-refractivity contribution >= 4 is 23.2 Å². The zero-order chi connectivity index (χ0) is 16.1. The Morgan fingerprint density at radius 1 is 0.909 bits per heavy atom. The van der Waals surface area contributed by atoms with Crippen LogP contribution in [0.25, 0.3) is 0 Å². The molecular weight excluding hydrogens is 276 g/mol. The molecule has 2 amide bonds. The van der Waals surface area contributed by atoms with E-state index in [-0.39, 0.29) is 11.8 Å². The van der Waals surface area contributed by atoms with E-state index in [9.17, 15) is 9.59 Å². The number of carbonyl (C=O) groups excluding carboxylic acids is 2. The molecule has 4 heteroatoms. The topological polar surface area (TPSA) is 58.2 Å². The van der Waals surface area contributed by atoms with Crippen molar-refractivity contribution in [3.8, 4) is 0 Å². The van der Waals surface area contributed by atoms with Crippen molar-refractivity contribution in [3.63, 3.8) is 0 Å². The number of rotatable bonds is 4. The van der Waals surface area contributed by atoms with Crippen LogP contribution < -0.4 is 10.6 Å². The van der Waals surface area contributed by atoms with E-state index < -0.39 is 0 Å². The maximum absolute atomic E-state index is 12.4. The SMILES string of the molecule is CCC(=O)Nc1cccc(NC(=O)c2ccccc2C)c1C. The third-order valence-electron chi connectivity index (χ3n) is 3.57. The van der Waals surface area contributed by atoms with Gasteiger partial charge in [0.05, 0.1) is 0 Å². The minimum absolute atomic E-state index is 0.0505. The first-order chi connectivity index (χ1) is 10.5. The summed E-state index contributed by atoms with van der Waals surface area (Å²) < 4.78 is 0. The van der Waals surface area contributed by atoms with Gasteiger partial charge in [-0.05, 0) is 43.2 Å². The highest BCUT2D eigenvalue weighted by Gasteiger charge is 2.12. The van der Waals surface area contributed by atoms with Crippen LogP contribution in [0.2, 0.25) is 0 Å². The Morgan fingerprint density at radius 2 is 1.55 bits per heavy atom. The van der Waals surface area contributed by atoms with Gasteiger partial charge in [0.2, 0.25) is 5.91 Å². The van der Waals surface area contributed by atoms with Crippen LogP contribution in [-0.4, -0.2) is 11.8 Å². The van der Waals surface area contributed by atoms with Crippen LogP contribution in [0, 0.1) is 13.8 Å². The van der Waals surface area contributed by atoms with Crippen molar-refractivity contribution in [2.45, 2.75) is 27.2 Å². The quantitative estimate of drug-likeness (QED) is 0.899. The molecule has 2 N–H and O–H groups in total. The van der Waals surface area contributed by atoms with Gasteiger partial charge in [-0.3, -0.25) is 9.59 Å². The molecule has 0 bridgehead atoms. The van der Waals surface area contributed by atoms with Gasteiger partial charge < -0.3 is 10.6 Å². The summed E-state index contributed by atoms with van der Waals surface area (Å²) in [6.45, 7) is 5.58. The van der Waals surface area contributed by atoms with Crippen molar-refractivity contribution in [3.05, 3.63) is 59.2 Å². The second-order valence-corrected chi connectivity index (χ2v) is 5.15. The van der Waals surface area contributed by atoms with Crippen molar-refractivity contribution in [2.24, 2.45) is 0 Å². The lowest BCUT2D eigenvalue weighted by molar-refractivity contribution is -0.115. The molecule has 2 rings (SSSR count). The number of amides is 2. The zero-order valence-electron chi connectivity index (χ0n) is 13.1. The van der Waals surface area contributed by atoms with Crippen LogP contribution in [0.5, 0.6) is 0 Å². The molecule has 0 radical (unpaired) electrons. The molecule has 0 aliphatic carbocycles. The maximum Gasteiger partial charge on any atom is 0.255 e. The molecule has 0 aliphatic heterocycles. The fourth-order valence-electron chi connectivity index (χ4n) is 2.16. The molecule has 22 heavy (non-hydrogen) atoms. The molecule has 0 saturated heterocycles. The van der Waals surface area contributed by atoms with E-state index >= 15 is 0 Å². The lowest BCUT2D eigenvalue weighted by atomic mass is 10.1. The van der Waals surface area contributed by atoms with Gasteiger partial charge in [-0.1, -0.05) is 31.2 Å². The Balaban J connectivity index is 2.23. The molecule has 0 saturated carbocycles. The minimum atomic E-state index is -0.153. The van der Waals surface area contributed by atoms with Crippen LogP contribution >= 0.6 is 0 Å². The van der Waals surface area contributed by atoms with Gasteiger partial charge in [-0.2, -0.15) is 0 Å². The van der Waals surface area contributed by atoms with Gasteiger partial charge in [0.15, 0.2) is 0 Å². The van der Waals surface area contributed by atoms with Crippen LogP contribution in [-0.2, 0) is 4.79 Å². The predicted molar refractivity (Wildman–Crippen MR) is 89.2 cm³/mol. The second kappa shape index (κ2) is 6.89. The Hall–Kier alpha value is -2.62. The first-order valence-corrected chi connectivity index (χ1v) is 7.29. The summed E-state index contributed by atoms with van der Waals surface area (Å²) in [6, 6.07) is 12.9. The number of nitrogens with one attached hydrogen (secondary N) is 2. The monoisotopic (exact) mass is 296 g/mol. The fraction of sp³-hybridized carbons (Fsp3) is 0.222. The number of benzene rings is 2. The van der Waals surface area contributed by atoms with E-state index in [1.165, 1.54) is 0 Å². The maximum atomic E-state index is 12.4. The number of hydrogen-bond acceptors (Lipinski definition) is 2. The third kappa shape index (κ3) is 3.52. The number of anilines is 2. The molecule has 0 unspecified atom stereocenters. The van der Waals surface area contributed by atoms with Gasteiger partial charge in [-0.25, -0.2) is 0 Å². The van der Waals surface area contributed by atoms with Crippen LogP contribution in [0.15, 0.2) is 42.5 Å². The van der Waals surface area contributed by atoms with E-state index in [1.54, 1.807) is 13.0 Å². The van der Waals surface area contributed by atoms with Gasteiger partial charge in [-0.15, -0.1) is 0 Å². The van der Waals surface area contributed by atoms with Gasteiger partial charge in [0.1, 0.15) is 0 Å². The summed E-state index contributed by atoms with van der Waals surface area (Å²) in [4.78, 5) is 23.9. The summed E-state index contributed by atoms with van der Waals surface area (Å²) in [5.41, 5.74) is 3.82. The minimum Gasteiger partial charge on any atom is -0.326 e. The van der Waals surface area contributed by atoms with E-state index in [2.05, 4.69) is 10.6 Å². The number of aryl methyl sites for hydroxylation is 1. The van der Waals surface area contributed by atoms with Crippen molar-refractivity contribution < 1.29 is 9.59 Å². The highest BCUT2D eigenvalue weighted by atomic mass is 16.2. The Bertz CT molecular complexity index is 708. The highest BCUT2D eigenvalue weighted by molar-refractivity contribution is 6.06. The lowest BCUT2D eigenvalue weighted by Gasteiger charge is -2.14. The third-order valence-corrected chi connectivity index (χ3v) is 3.57. The first kappa shape index (κ1) is 15.8. The van der Waals surface area contributed by atoms with E-state index in [4.69, 9.17) is 0 Å². The summed E-state index contributed by atoms with van der Waals surface area (Å²) in [6.07, 6.45) is 0.416. The molecular formula is C18H20N2O2. The Kier molecular flexibility index (Phi) is 4.94. The smallest absolute Gasteiger partial charge is 0.255 e. The average molecular weight is 296 g/mol. The average Bonchev–Trinajstić information content (AvgIpc) is 2.51. The summed E-state index contributed by atoms with van der Waals surface area (Å²) in [7, 11) is 0. The van der Waals surface area contributed by atoms with Gasteiger partial charge in [0, 0.05) is 23.4 Å². The molecule has 0 atom stereocenters. The Labute approximate surface area is 130 Å². The molecule has 0 spiro atoms. The summed E-state index contributed by atoms with van der Waals surface area (Å²) >= 11 is 0. The number of carbonyl (C=O) groups is 2. The predicted octanol–water partition coefficient (Wildman–Crippen LogP) is 3.90. The summed E-state index contributed by atoms with van der Waals surface area (Å²) in [5, 5.41) is 5.74. The molecule has 0 heterocycles. The fourth-order valence-corrected chi connectivity index (χ4v) is 2.16. The van der Waals surface area contributed by atoms with Crippen LogP contribution in [0.3, 0.4) is 0 Å². The van der Waals surface area contributed by atoms with Crippen molar-refractivity contribution in [1.82, 2.24) is 0 Å². The first-order valence-electron chi connectivity index (χ1n) is 7.29. The molecule has 2 aromatic carbocycles. The van der Waals surface area contributed by atoms with E-state index in [1.807, 2.05) is 50.2 Å². The molecule has 4 nitrogen and oxygen atoms in total. The van der Waals surface area contributed by atoms with E-state index in [0.29, 0.717) is 17.7 Å². The lowest BCUT2D eigenvalue weighted by Crippen LogP contribution is -2.15. The summed E-state index contributed by atoms with van der Waals surface area (Å²) in [5.74, 6) is -0.203. The Morgan fingerprint density at radius 3 is 2.18 bits per heavy atom. The van der Waals surface area contributed by atoms with Gasteiger partial charge >= 0.3 is 0 Å². The zero-order valence-corrected chi connectivity index (χ0v) is 13.1.